The number of hydrogen-bond donors (Lipinski definition) is 6. The summed E-state index contributed by atoms with van der Waals surface area (Å²) in [7, 11) is -3.80. The van der Waals surface area contributed by atoms with E-state index in [2.05, 4.69) is 28.1 Å². The molecule has 87 heavy (non-hydrogen) atoms. The van der Waals surface area contributed by atoms with Gasteiger partial charge in [0.2, 0.25) is 21.8 Å². The summed E-state index contributed by atoms with van der Waals surface area (Å²) >= 11 is 0. The fourth-order valence-electron chi connectivity index (χ4n) is 11.5. The maximum absolute atomic E-state index is 14.0. The van der Waals surface area contributed by atoms with Gasteiger partial charge in [0.15, 0.2) is 5.78 Å². The average molecular weight is 1210 g/mol. The number of aliphatic hydroxyl groups is 1. The molecular formula is C67H82N8O11S. The molecule has 8 rings (SSSR count). The number of alkyl carbamates (subject to hydrolysis) is 1. The van der Waals surface area contributed by atoms with Crippen LogP contribution in [0.1, 0.15) is 118 Å². The molecule has 5 amide bonds. The van der Waals surface area contributed by atoms with Crippen LogP contribution in [0, 0.1) is 17.8 Å². The molecule has 1 aliphatic carbocycles. The number of esters is 1. The van der Waals surface area contributed by atoms with Gasteiger partial charge in [-0.3, -0.25) is 19.2 Å². The number of ketones is 1. The lowest BCUT2D eigenvalue weighted by Crippen LogP contribution is -2.51. The molecular weight excluding hydrogens is 1120 g/mol. The SMILES string of the molecule is CCCN(CCC)C(=O)C1=Cc2c(CCCCNC(=O)OCc3ccc(CC(=O)[C@H](CCCNC(N)=O)NC(=O)[C@@H](CC(=O)OCC4c5ccccc5-c5ccccc54)C(C)C)cc3)cc(-c3cccc(S(=O)(=O)N4CC(CO)C4)c3)cc2N=C(N)C1. The van der Waals surface area contributed by atoms with Crippen LogP contribution in [0.25, 0.3) is 28.3 Å². The number of primary amides is 1. The number of unbranched alkanes of at least 4 members (excludes halogenated alkanes) is 1. The minimum atomic E-state index is -3.80. The standard InChI is InChI=1S/C67H82N8O11S/c1-5-29-74(30-6-2)65(80)50-34-57-48(32-49(35-60(57)72-62(68)36-50)47-16-13-17-51(33-47)87(83,84)75-38-46(39-75)40-76)15-11-12-27-71-67(82)86-41-45-25-23-44(24-26-45)31-61(77)59(22-14-28-70-66(69)81)73-64(79)56(43(3)4)37-63(78)85-42-58-54-20-9-7-18-52(54)53-19-8-10-21-55(53)58/h7-10,13,16-21,23-26,32-35,43,46,56,58-59,76H,5-6,11-12,14-15,22,27-31,36-42H2,1-4H3,(H2,68,72)(H,71,82)(H,73,79)(H3,69,70,81)/t56-,59-/m0/s1. The molecule has 20 heteroatoms. The second-order valence-electron chi connectivity index (χ2n) is 23.1. The summed E-state index contributed by atoms with van der Waals surface area (Å²) in [5, 5.41) is 17.8. The number of nitrogens with zero attached hydrogens (tertiary/aromatic N) is 3. The molecule has 0 saturated carbocycles. The highest BCUT2D eigenvalue weighted by Crippen LogP contribution is 2.45. The molecule has 0 radical (unpaired) electrons. The molecule has 8 N–H and O–H groups in total. The maximum Gasteiger partial charge on any atom is 0.407 e. The molecule has 5 aromatic rings. The lowest BCUT2D eigenvalue weighted by molar-refractivity contribution is -0.148. The lowest BCUT2D eigenvalue weighted by Gasteiger charge is -2.36. The Morgan fingerprint density at radius 2 is 1.46 bits per heavy atom. The van der Waals surface area contributed by atoms with Crippen molar-refractivity contribution in [2.45, 2.75) is 115 Å². The predicted octanol–water partition coefficient (Wildman–Crippen LogP) is 8.70. The van der Waals surface area contributed by atoms with Crippen molar-refractivity contribution < 1.29 is 51.8 Å². The van der Waals surface area contributed by atoms with E-state index in [4.69, 9.17) is 25.9 Å². The van der Waals surface area contributed by atoms with Crippen molar-refractivity contribution in [1.82, 2.24) is 25.2 Å². The number of sulfonamides is 1. The van der Waals surface area contributed by atoms with Gasteiger partial charge in [0.25, 0.3) is 0 Å². The van der Waals surface area contributed by atoms with Crippen LogP contribution in [-0.2, 0) is 58.1 Å². The average Bonchev–Trinajstić information content (AvgIpc) is 1.84. The van der Waals surface area contributed by atoms with Gasteiger partial charge in [-0.25, -0.2) is 23.0 Å². The summed E-state index contributed by atoms with van der Waals surface area (Å²) in [6.07, 6.45) is 5.08. The number of Topliss-reactive ketones (excluding diaryl/α,β-unsaturated/α-hetero) is 1. The molecule has 0 unspecified atom stereocenters. The van der Waals surface area contributed by atoms with Crippen molar-refractivity contribution in [2.24, 2.45) is 34.2 Å². The number of fused-ring (bicyclic) bond motifs is 4. The third-order valence-electron chi connectivity index (χ3n) is 16.2. The Kier molecular flexibility index (Phi) is 22.7. The lowest BCUT2D eigenvalue weighted by atomic mass is 9.90. The Balaban J connectivity index is 0.855. The first-order chi connectivity index (χ1) is 41.9. The monoisotopic (exact) mass is 1210 g/mol. The molecule has 462 valence electrons. The Bertz CT molecular complexity index is 3420. The van der Waals surface area contributed by atoms with Crippen LogP contribution in [0.3, 0.4) is 0 Å². The smallest absolute Gasteiger partial charge is 0.407 e. The Morgan fingerprint density at radius 1 is 0.793 bits per heavy atom. The zero-order chi connectivity index (χ0) is 62.2. The van der Waals surface area contributed by atoms with Crippen LogP contribution in [0.4, 0.5) is 15.3 Å². The minimum Gasteiger partial charge on any atom is -0.465 e. The number of urea groups is 1. The van der Waals surface area contributed by atoms with Crippen molar-refractivity contribution in [3.63, 3.8) is 0 Å². The van der Waals surface area contributed by atoms with E-state index in [1.165, 1.54) is 4.31 Å². The van der Waals surface area contributed by atoms with E-state index in [9.17, 15) is 42.3 Å². The van der Waals surface area contributed by atoms with E-state index in [0.717, 1.165) is 51.8 Å². The molecule has 2 heterocycles. The zero-order valence-corrected chi connectivity index (χ0v) is 51.0. The summed E-state index contributed by atoms with van der Waals surface area (Å²) in [6.45, 7) is 9.94. The molecule has 3 aliphatic rings. The molecule has 5 aromatic carbocycles. The number of aliphatic imine (C=N–C) groups is 1. The van der Waals surface area contributed by atoms with Crippen LogP contribution < -0.4 is 27.4 Å². The molecule has 0 bridgehead atoms. The Morgan fingerprint density at radius 3 is 2.11 bits per heavy atom. The summed E-state index contributed by atoms with van der Waals surface area (Å²) in [4.78, 5) is 86.6. The molecule has 2 aliphatic heterocycles. The van der Waals surface area contributed by atoms with Gasteiger partial charge in [0, 0.05) is 81.7 Å². The van der Waals surface area contributed by atoms with E-state index in [0.29, 0.717) is 73.3 Å². The number of aliphatic hydroxyl groups excluding tert-OH is 1. The Hall–Kier alpha value is -8.20. The summed E-state index contributed by atoms with van der Waals surface area (Å²) in [5.41, 5.74) is 21.6. The molecule has 1 fully saturated rings. The van der Waals surface area contributed by atoms with Gasteiger partial charge in [0.05, 0.1) is 29.0 Å². The van der Waals surface area contributed by atoms with Crippen LogP contribution in [-0.4, -0.2) is 123 Å². The van der Waals surface area contributed by atoms with Gasteiger partial charge in [-0.15, -0.1) is 0 Å². The fraction of sp³-hybridized carbons (Fsp3) is 0.418. The van der Waals surface area contributed by atoms with Crippen LogP contribution in [0.2, 0.25) is 0 Å². The number of amidine groups is 1. The number of amides is 5. The number of ether oxygens (including phenoxy) is 2. The zero-order valence-electron chi connectivity index (χ0n) is 50.2. The van der Waals surface area contributed by atoms with Gasteiger partial charge >= 0.3 is 18.1 Å². The van der Waals surface area contributed by atoms with Crippen LogP contribution in [0.5, 0.6) is 0 Å². The third-order valence-corrected chi connectivity index (χ3v) is 18.1. The van der Waals surface area contributed by atoms with Gasteiger partial charge in [-0.2, -0.15) is 4.31 Å². The highest BCUT2D eigenvalue weighted by Gasteiger charge is 2.37. The number of nitrogens with two attached hydrogens (primary N) is 2. The van der Waals surface area contributed by atoms with Gasteiger partial charge in [-0.1, -0.05) is 119 Å². The van der Waals surface area contributed by atoms with E-state index < -0.39 is 46.0 Å². The van der Waals surface area contributed by atoms with E-state index in [-0.39, 0.29) is 105 Å². The molecule has 0 aromatic heterocycles. The molecule has 1 saturated heterocycles. The first kappa shape index (κ1) is 64.8. The second-order valence-corrected chi connectivity index (χ2v) is 25.0. The summed E-state index contributed by atoms with van der Waals surface area (Å²) < 4.78 is 40.0. The first-order valence-electron chi connectivity index (χ1n) is 30.3. The maximum atomic E-state index is 14.0. The highest BCUT2D eigenvalue weighted by atomic mass is 32.2. The van der Waals surface area contributed by atoms with E-state index >= 15 is 0 Å². The van der Waals surface area contributed by atoms with Crippen molar-refractivity contribution in [3.8, 4) is 22.3 Å². The van der Waals surface area contributed by atoms with Gasteiger partial charge in [-0.05, 0) is 125 Å². The third kappa shape index (κ3) is 16.9. The fourth-order valence-corrected chi connectivity index (χ4v) is 13.1. The predicted molar refractivity (Wildman–Crippen MR) is 335 cm³/mol. The quantitative estimate of drug-likeness (QED) is 0.0186. The number of carbonyl (C=O) groups is 6. The van der Waals surface area contributed by atoms with E-state index in [1.807, 2.05) is 93.3 Å². The molecule has 2 atom stereocenters. The number of aryl methyl sites for hydroxylation is 1. The van der Waals surface area contributed by atoms with Gasteiger partial charge in [0.1, 0.15) is 19.0 Å². The van der Waals surface area contributed by atoms with Crippen molar-refractivity contribution >= 4 is 63.3 Å². The van der Waals surface area contributed by atoms with Crippen molar-refractivity contribution in [1.29, 1.82) is 0 Å². The van der Waals surface area contributed by atoms with Crippen molar-refractivity contribution in [2.75, 3.05) is 52.5 Å². The normalized spacial score (nSPS) is 14.6. The largest absolute Gasteiger partial charge is 0.465 e. The molecule has 19 nitrogen and oxygen atoms in total. The number of carbonyl (C=O) groups excluding carboxylic acids is 6. The number of hydrogen-bond acceptors (Lipinski definition) is 13. The second kappa shape index (κ2) is 30.4. The first-order valence-corrected chi connectivity index (χ1v) is 31.7. The van der Waals surface area contributed by atoms with Crippen LogP contribution in [0.15, 0.2) is 125 Å². The highest BCUT2D eigenvalue weighted by molar-refractivity contribution is 7.89. The Labute approximate surface area is 510 Å². The summed E-state index contributed by atoms with van der Waals surface area (Å²) in [6, 6.07) is 32.1. The van der Waals surface area contributed by atoms with Gasteiger partial charge < -0.3 is 46.9 Å². The molecule has 0 spiro atoms. The number of rotatable bonds is 30. The number of nitrogens with one attached hydrogen (secondary N) is 3. The topological polar surface area (TPSA) is 282 Å². The number of benzene rings is 5. The summed E-state index contributed by atoms with van der Waals surface area (Å²) in [5.74, 6) is -2.33. The van der Waals surface area contributed by atoms with Crippen molar-refractivity contribution in [3.05, 3.63) is 148 Å². The van der Waals surface area contributed by atoms with E-state index in [1.54, 1.807) is 42.5 Å². The minimum absolute atomic E-state index is 0.0293. The van der Waals surface area contributed by atoms with Crippen LogP contribution >= 0.6 is 0 Å².